The zero-order chi connectivity index (χ0) is 15.6. The number of unbranched alkanes of at least 4 members (excludes halogenated alkanes) is 1. The number of aromatic nitrogens is 1. The van der Waals surface area contributed by atoms with Gasteiger partial charge in [0.1, 0.15) is 0 Å². The van der Waals surface area contributed by atoms with E-state index in [0.717, 1.165) is 31.5 Å². The number of hydrogen-bond acceptors (Lipinski definition) is 2. The number of fused-ring (bicyclic) bond motifs is 1. The summed E-state index contributed by atoms with van der Waals surface area (Å²) < 4.78 is 2.37. The first-order valence-electron chi connectivity index (χ1n) is 8.36. The highest BCUT2D eigenvalue weighted by molar-refractivity contribution is 5.29. The summed E-state index contributed by atoms with van der Waals surface area (Å²) in [6.45, 7) is 11.2. The highest BCUT2D eigenvalue weighted by atomic mass is 16.3. The molecule has 0 amide bonds. The maximum absolute atomic E-state index is 10.3. The smallest absolute Gasteiger partial charge is 0.0812 e. The van der Waals surface area contributed by atoms with Crippen LogP contribution in [0, 0.1) is 5.41 Å². The fraction of sp³-hybridized carbons (Fsp3) is 0.778. The van der Waals surface area contributed by atoms with Crippen molar-refractivity contribution in [2.45, 2.75) is 72.1 Å². The van der Waals surface area contributed by atoms with E-state index >= 15 is 0 Å². The van der Waals surface area contributed by atoms with Crippen molar-refractivity contribution in [3.63, 3.8) is 0 Å². The highest BCUT2D eigenvalue weighted by Gasteiger charge is 2.32. The van der Waals surface area contributed by atoms with Gasteiger partial charge in [-0.2, -0.15) is 0 Å². The van der Waals surface area contributed by atoms with Gasteiger partial charge in [0.25, 0.3) is 0 Å². The van der Waals surface area contributed by atoms with Crippen LogP contribution in [0.4, 0.5) is 0 Å². The van der Waals surface area contributed by atoms with E-state index in [4.69, 9.17) is 0 Å². The highest BCUT2D eigenvalue weighted by Crippen LogP contribution is 2.41. The van der Waals surface area contributed by atoms with Crippen LogP contribution in [0.15, 0.2) is 12.3 Å². The number of aliphatic hydroxyl groups excluding tert-OH is 1. The summed E-state index contributed by atoms with van der Waals surface area (Å²) in [5.41, 5.74) is 2.73. The van der Waals surface area contributed by atoms with E-state index in [0.29, 0.717) is 6.04 Å². The molecule has 1 heterocycles. The third-order valence-corrected chi connectivity index (χ3v) is 4.91. The maximum atomic E-state index is 10.3. The van der Waals surface area contributed by atoms with E-state index in [-0.39, 0.29) is 11.5 Å². The Balaban J connectivity index is 1.91. The molecule has 0 saturated carbocycles. The molecule has 1 aliphatic rings. The van der Waals surface area contributed by atoms with Gasteiger partial charge in [0.15, 0.2) is 0 Å². The van der Waals surface area contributed by atoms with Crippen molar-refractivity contribution in [2.24, 2.45) is 5.41 Å². The van der Waals surface area contributed by atoms with Gasteiger partial charge < -0.3 is 14.6 Å². The van der Waals surface area contributed by atoms with Crippen LogP contribution in [0.5, 0.6) is 0 Å². The Morgan fingerprint density at radius 2 is 2.10 bits per heavy atom. The third kappa shape index (κ3) is 4.10. The Morgan fingerprint density at radius 1 is 1.38 bits per heavy atom. The van der Waals surface area contributed by atoms with Crippen LogP contribution in [0.3, 0.4) is 0 Å². The molecule has 21 heavy (non-hydrogen) atoms. The van der Waals surface area contributed by atoms with Crippen molar-refractivity contribution in [1.29, 1.82) is 0 Å². The summed E-state index contributed by atoms with van der Waals surface area (Å²) in [5.74, 6) is 0. The van der Waals surface area contributed by atoms with Crippen molar-refractivity contribution >= 4 is 0 Å². The second-order valence-electron chi connectivity index (χ2n) is 7.75. The van der Waals surface area contributed by atoms with Crippen molar-refractivity contribution in [3.05, 3.63) is 23.5 Å². The lowest BCUT2D eigenvalue weighted by Gasteiger charge is -2.34. The summed E-state index contributed by atoms with van der Waals surface area (Å²) in [5, 5.41) is 10.3. The van der Waals surface area contributed by atoms with Gasteiger partial charge in [-0.05, 0) is 64.6 Å². The molecule has 2 rings (SSSR count). The van der Waals surface area contributed by atoms with Crippen LogP contribution in [0.25, 0.3) is 0 Å². The SMILES string of the molecule is CC(C)N(C)CCCCn1ccc2c1CC(C)(C)CC2O. The van der Waals surface area contributed by atoms with Crippen molar-refractivity contribution in [3.8, 4) is 0 Å². The standard InChI is InChI=1S/C18H32N2O/c1-14(2)19(5)9-6-7-10-20-11-8-15-16(20)12-18(3,4)13-17(15)21/h8,11,14,17,21H,6-7,9-10,12-13H2,1-5H3. The average molecular weight is 292 g/mol. The molecule has 120 valence electrons. The molecule has 0 radical (unpaired) electrons. The fourth-order valence-corrected chi connectivity index (χ4v) is 3.30. The molecule has 0 bridgehead atoms. The van der Waals surface area contributed by atoms with Gasteiger partial charge in [-0.15, -0.1) is 0 Å². The van der Waals surface area contributed by atoms with Crippen LogP contribution in [0.2, 0.25) is 0 Å². The van der Waals surface area contributed by atoms with E-state index in [2.05, 4.69) is 56.5 Å². The molecule has 1 N–H and O–H groups in total. The number of aliphatic hydroxyl groups is 1. The van der Waals surface area contributed by atoms with E-state index in [9.17, 15) is 5.11 Å². The van der Waals surface area contributed by atoms with Crippen molar-refractivity contribution in [1.82, 2.24) is 9.47 Å². The molecule has 0 spiro atoms. The summed E-state index contributed by atoms with van der Waals surface area (Å²) in [7, 11) is 2.20. The molecular formula is C18H32N2O. The number of nitrogens with zero attached hydrogens (tertiary/aromatic N) is 2. The fourth-order valence-electron chi connectivity index (χ4n) is 3.30. The van der Waals surface area contributed by atoms with Crippen LogP contribution in [0.1, 0.15) is 64.3 Å². The van der Waals surface area contributed by atoms with Gasteiger partial charge in [-0.1, -0.05) is 13.8 Å². The van der Waals surface area contributed by atoms with Crippen molar-refractivity contribution in [2.75, 3.05) is 13.6 Å². The normalized spacial score (nSPS) is 21.0. The summed E-state index contributed by atoms with van der Waals surface area (Å²) in [6, 6.07) is 2.75. The minimum atomic E-state index is -0.280. The van der Waals surface area contributed by atoms with Crippen LogP contribution in [-0.4, -0.2) is 34.2 Å². The monoisotopic (exact) mass is 292 g/mol. The molecule has 1 aliphatic carbocycles. The first-order valence-corrected chi connectivity index (χ1v) is 8.36. The Labute approximate surface area is 130 Å². The van der Waals surface area contributed by atoms with Gasteiger partial charge in [-0.25, -0.2) is 0 Å². The van der Waals surface area contributed by atoms with Gasteiger partial charge in [0.2, 0.25) is 0 Å². The number of rotatable bonds is 6. The first-order chi connectivity index (χ1) is 9.80. The lowest BCUT2D eigenvalue weighted by Crippen LogP contribution is -2.28. The Hall–Kier alpha value is -0.800. The number of aryl methyl sites for hydroxylation is 1. The average Bonchev–Trinajstić information content (AvgIpc) is 2.76. The van der Waals surface area contributed by atoms with E-state index < -0.39 is 0 Å². The zero-order valence-electron chi connectivity index (χ0n) is 14.4. The second-order valence-corrected chi connectivity index (χ2v) is 7.75. The van der Waals surface area contributed by atoms with Gasteiger partial charge in [0.05, 0.1) is 6.10 Å². The minimum absolute atomic E-state index is 0.209. The molecule has 1 aromatic heterocycles. The minimum Gasteiger partial charge on any atom is -0.388 e. The second kappa shape index (κ2) is 6.53. The molecule has 3 nitrogen and oxygen atoms in total. The van der Waals surface area contributed by atoms with Gasteiger partial charge in [0, 0.05) is 30.0 Å². The van der Waals surface area contributed by atoms with E-state index in [1.165, 1.54) is 18.5 Å². The quantitative estimate of drug-likeness (QED) is 0.811. The summed E-state index contributed by atoms with van der Waals surface area (Å²) in [6.07, 6.45) is 6.28. The summed E-state index contributed by atoms with van der Waals surface area (Å²) in [4.78, 5) is 2.40. The van der Waals surface area contributed by atoms with Crippen LogP contribution >= 0.6 is 0 Å². The van der Waals surface area contributed by atoms with E-state index in [1.54, 1.807) is 0 Å². The zero-order valence-corrected chi connectivity index (χ0v) is 14.4. The van der Waals surface area contributed by atoms with Crippen LogP contribution in [-0.2, 0) is 13.0 Å². The maximum Gasteiger partial charge on any atom is 0.0812 e. The third-order valence-electron chi connectivity index (χ3n) is 4.91. The summed E-state index contributed by atoms with van der Waals surface area (Å²) >= 11 is 0. The van der Waals surface area contributed by atoms with Gasteiger partial charge >= 0.3 is 0 Å². The van der Waals surface area contributed by atoms with Crippen LogP contribution < -0.4 is 0 Å². The first kappa shape index (κ1) is 16.6. The molecular weight excluding hydrogens is 260 g/mol. The molecule has 3 heteroatoms. The lowest BCUT2D eigenvalue weighted by atomic mass is 9.75. The van der Waals surface area contributed by atoms with E-state index in [1.807, 2.05) is 0 Å². The Morgan fingerprint density at radius 3 is 2.76 bits per heavy atom. The lowest BCUT2D eigenvalue weighted by molar-refractivity contribution is 0.0979. The van der Waals surface area contributed by atoms with Crippen molar-refractivity contribution < 1.29 is 5.11 Å². The molecule has 1 unspecified atom stereocenters. The number of hydrogen-bond donors (Lipinski definition) is 1. The Bertz CT molecular complexity index is 462. The molecule has 1 atom stereocenters. The molecule has 0 aromatic carbocycles. The predicted octanol–water partition coefficient (Wildman–Crippen LogP) is 3.61. The molecule has 1 aromatic rings. The molecule has 0 saturated heterocycles. The predicted molar refractivity (Wildman–Crippen MR) is 88.5 cm³/mol. The topological polar surface area (TPSA) is 28.4 Å². The largest absolute Gasteiger partial charge is 0.388 e. The van der Waals surface area contributed by atoms with Gasteiger partial charge in [-0.3, -0.25) is 0 Å². The Kier molecular flexibility index (Phi) is 5.15. The molecule has 0 aliphatic heterocycles. The molecule has 0 fully saturated rings.